The van der Waals surface area contributed by atoms with Gasteiger partial charge in [0.15, 0.2) is 5.96 Å². The number of guanidine groups is 1. The summed E-state index contributed by atoms with van der Waals surface area (Å²) in [5.41, 5.74) is 1.11. The largest absolute Gasteiger partial charge is 0.357 e. The van der Waals surface area contributed by atoms with Crippen LogP contribution in [0.4, 0.5) is 0 Å². The molecule has 1 aliphatic heterocycles. The quantitative estimate of drug-likeness (QED) is 0.567. The van der Waals surface area contributed by atoms with Gasteiger partial charge in [0.05, 0.1) is 0 Å². The molecule has 5 heteroatoms. The average Bonchev–Trinajstić information content (AvgIpc) is 2.61. The lowest BCUT2D eigenvalue weighted by Gasteiger charge is -2.28. The van der Waals surface area contributed by atoms with Crippen molar-refractivity contribution in [1.82, 2.24) is 20.5 Å². The molecule has 0 aromatic carbocycles. The number of hydrogen-bond donors (Lipinski definition) is 2. The van der Waals surface area contributed by atoms with E-state index in [1.165, 1.54) is 32.4 Å². The van der Waals surface area contributed by atoms with Gasteiger partial charge in [-0.25, -0.2) is 0 Å². The van der Waals surface area contributed by atoms with Crippen molar-refractivity contribution in [3.05, 3.63) is 30.1 Å². The van der Waals surface area contributed by atoms with Crippen LogP contribution in [0.5, 0.6) is 0 Å². The summed E-state index contributed by atoms with van der Waals surface area (Å²) in [6, 6.07) is 6.04. The molecular formula is C19H33N5. The zero-order valence-corrected chi connectivity index (χ0v) is 15.3. The molecule has 1 aromatic heterocycles. The van der Waals surface area contributed by atoms with Crippen LogP contribution in [0, 0.1) is 5.92 Å². The third-order valence-electron chi connectivity index (χ3n) is 4.32. The van der Waals surface area contributed by atoms with Crippen molar-refractivity contribution >= 4 is 5.96 Å². The van der Waals surface area contributed by atoms with Crippen LogP contribution in [-0.2, 0) is 6.42 Å². The van der Waals surface area contributed by atoms with E-state index < -0.39 is 0 Å². The minimum absolute atomic E-state index is 0.592. The zero-order valence-electron chi connectivity index (χ0n) is 15.3. The highest BCUT2D eigenvalue weighted by Gasteiger charge is 2.13. The van der Waals surface area contributed by atoms with Gasteiger partial charge in [-0.05, 0) is 50.9 Å². The average molecular weight is 332 g/mol. The molecule has 0 aliphatic carbocycles. The highest BCUT2D eigenvalue weighted by molar-refractivity contribution is 5.79. The SMILES string of the molecule is CCNC(=NCC(C)CN1CCCCC1)NCCc1ccccn1. The molecule has 1 unspecified atom stereocenters. The fourth-order valence-corrected chi connectivity index (χ4v) is 3.08. The Bertz CT molecular complexity index is 468. The summed E-state index contributed by atoms with van der Waals surface area (Å²) in [6.45, 7) is 10.7. The number of nitrogens with zero attached hydrogens (tertiary/aromatic N) is 3. The summed E-state index contributed by atoms with van der Waals surface area (Å²) in [6.07, 6.45) is 6.86. The van der Waals surface area contributed by atoms with E-state index >= 15 is 0 Å². The van der Waals surface area contributed by atoms with E-state index in [4.69, 9.17) is 4.99 Å². The highest BCUT2D eigenvalue weighted by Crippen LogP contribution is 2.11. The summed E-state index contributed by atoms with van der Waals surface area (Å²) in [7, 11) is 0. The van der Waals surface area contributed by atoms with E-state index in [0.717, 1.165) is 44.3 Å². The van der Waals surface area contributed by atoms with Crippen LogP contribution in [0.15, 0.2) is 29.4 Å². The standard InChI is InChI=1S/C19H33N5/c1-3-20-19(22-12-10-18-9-5-6-11-21-18)23-15-17(2)16-24-13-7-4-8-14-24/h5-6,9,11,17H,3-4,7-8,10,12-16H2,1-2H3,(H2,20,22,23). The number of likely N-dealkylation sites (tertiary alicyclic amines) is 1. The van der Waals surface area contributed by atoms with Crippen LogP contribution < -0.4 is 10.6 Å². The molecule has 1 fully saturated rings. The Hall–Kier alpha value is -1.62. The van der Waals surface area contributed by atoms with Crippen LogP contribution in [0.25, 0.3) is 0 Å². The van der Waals surface area contributed by atoms with Gasteiger partial charge in [0.2, 0.25) is 0 Å². The molecule has 0 saturated carbocycles. The van der Waals surface area contributed by atoms with E-state index in [9.17, 15) is 0 Å². The minimum atomic E-state index is 0.592. The van der Waals surface area contributed by atoms with Gasteiger partial charge in [-0.15, -0.1) is 0 Å². The Balaban J connectivity index is 1.72. The van der Waals surface area contributed by atoms with Crippen molar-refractivity contribution in [3.8, 4) is 0 Å². The molecule has 1 aromatic rings. The van der Waals surface area contributed by atoms with Crippen LogP contribution in [0.3, 0.4) is 0 Å². The molecule has 0 spiro atoms. The van der Waals surface area contributed by atoms with Gasteiger partial charge in [-0.1, -0.05) is 19.4 Å². The maximum atomic E-state index is 4.76. The number of rotatable bonds is 8. The first-order chi connectivity index (χ1) is 11.8. The molecule has 1 saturated heterocycles. The second-order valence-corrected chi connectivity index (χ2v) is 6.68. The Labute approximate surface area is 147 Å². The van der Waals surface area contributed by atoms with Gasteiger partial charge in [0, 0.05) is 44.5 Å². The molecule has 0 amide bonds. The second kappa shape index (κ2) is 11.0. The number of aliphatic imine (C=N–C) groups is 1. The smallest absolute Gasteiger partial charge is 0.191 e. The highest BCUT2D eigenvalue weighted by atomic mass is 15.2. The van der Waals surface area contributed by atoms with Crippen molar-refractivity contribution in [1.29, 1.82) is 0 Å². The minimum Gasteiger partial charge on any atom is -0.357 e. The molecule has 0 radical (unpaired) electrons. The summed E-state index contributed by atoms with van der Waals surface area (Å²) >= 11 is 0. The third-order valence-corrected chi connectivity index (χ3v) is 4.32. The van der Waals surface area contributed by atoms with Gasteiger partial charge in [-0.3, -0.25) is 9.98 Å². The second-order valence-electron chi connectivity index (χ2n) is 6.68. The fourth-order valence-electron chi connectivity index (χ4n) is 3.08. The van der Waals surface area contributed by atoms with Gasteiger partial charge < -0.3 is 15.5 Å². The van der Waals surface area contributed by atoms with Crippen LogP contribution in [-0.4, -0.2) is 55.1 Å². The third kappa shape index (κ3) is 7.30. The predicted octanol–water partition coefficient (Wildman–Crippen LogP) is 2.30. The van der Waals surface area contributed by atoms with Crippen molar-refractivity contribution in [2.45, 2.75) is 39.5 Å². The molecule has 0 bridgehead atoms. The number of hydrogen-bond acceptors (Lipinski definition) is 3. The molecular weight excluding hydrogens is 298 g/mol. The molecule has 134 valence electrons. The van der Waals surface area contributed by atoms with Crippen molar-refractivity contribution in [2.75, 3.05) is 39.3 Å². The Morgan fingerprint density at radius 1 is 1.25 bits per heavy atom. The normalized spacial score (nSPS) is 17.5. The Morgan fingerprint density at radius 3 is 2.79 bits per heavy atom. The lowest BCUT2D eigenvalue weighted by molar-refractivity contribution is 0.203. The van der Waals surface area contributed by atoms with Gasteiger partial charge in [0.25, 0.3) is 0 Å². The van der Waals surface area contributed by atoms with Crippen molar-refractivity contribution in [2.24, 2.45) is 10.9 Å². The summed E-state index contributed by atoms with van der Waals surface area (Å²) in [4.78, 5) is 11.7. The van der Waals surface area contributed by atoms with E-state index in [0.29, 0.717) is 5.92 Å². The number of piperidine rings is 1. The monoisotopic (exact) mass is 331 g/mol. The molecule has 1 atom stereocenters. The van der Waals surface area contributed by atoms with Gasteiger partial charge in [0.1, 0.15) is 0 Å². The first-order valence-corrected chi connectivity index (χ1v) is 9.42. The Morgan fingerprint density at radius 2 is 2.08 bits per heavy atom. The van der Waals surface area contributed by atoms with E-state index in [2.05, 4.69) is 40.4 Å². The molecule has 5 nitrogen and oxygen atoms in total. The van der Waals surface area contributed by atoms with E-state index in [1.54, 1.807) is 0 Å². The summed E-state index contributed by atoms with van der Waals surface area (Å²) in [5.74, 6) is 1.51. The first-order valence-electron chi connectivity index (χ1n) is 9.42. The lowest BCUT2D eigenvalue weighted by atomic mass is 10.1. The summed E-state index contributed by atoms with van der Waals surface area (Å²) in [5, 5.41) is 6.75. The number of nitrogens with one attached hydrogen (secondary N) is 2. The maximum absolute atomic E-state index is 4.76. The first kappa shape index (κ1) is 18.7. The maximum Gasteiger partial charge on any atom is 0.191 e. The Kier molecular flexibility index (Phi) is 8.60. The van der Waals surface area contributed by atoms with Crippen molar-refractivity contribution < 1.29 is 0 Å². The van der Waals surface area contributed by atoms with Crippen LogP contribution >= 0.6 is 0 Å². The molecule has 2 rings (SSSR count). The predicted molar refractivity (Wildman–Crippen MR) is 101 cm³/mol. The van der Waals surface area contributed by atoms with E-state index in [1.807, 2.05) is 18.3 Å². The van der Waals surface area contributed by atoms with Crippen LogP contribution in [0.1, 0.15) is 38.8 Å². The fraction of sp³-hybridized carbons (Fsp3) is 0.684. The number of aromatic nitrogens is 1. The van der Waals surface area contributed by atoms with Gasteiger partial charge in [-0.2, -0.15) is 0 Å². The van der Waals surface area contributed by atoms with Gasteiger partial charge >= 0.3 is 0 Å². The molecule has 24 heavy (non-hydrogen) atoms. The summed E-state index contributed by atoms with van der Waals surface area (Å²) < 4.78 is 0. The zero-order chi connectivity index (χ0) is 17.0. The molecule has 2 N–H and O–H groups in total. The van der Waals surface area contributed by atoms with Crippen LogP contribution in [0.2, 0.25) is 0 Å². The van der Waals surface area contributed by atoms with Crippen molar-refractivity contribution in [3.63, 3.8) is 0 Å². The molecule has 2 heterocycles. The topological polar surface area (TPSA) is 52.6 Å². The number of pyridine rings is 1. The van der Waals surface area contributed by atoms with E-state index in [-0.39, 0.29) is 0 Å². The lowest BCUT2D eigenvalue weighted by Crippen LogP contribution is -2.39. The molecule has 1 aliphatic rings.